The molecule has 2 heterocycles. The molecule has 1 saturated heterocycles. The molecule has 0 bridgehead atoms. The van der Waals surface area contributed by atoms with Gasteiger partial charge in [0.1, 0.15) is 11.5 Å². The summed E-state index contributed by atoms with van der Waals surface area (Å²) in [4.78, 5) is 16.7. The Hall–Kier alpha value is -2.23. The molecule has 0 atom stereocenters. The number of hydrogen-bond donors (Lipinski definition) is 0. The number of carbonyl (C=O) groups is 1. The van der Waals surface area contributed by atoms with Crippen molar-refractivity contribution < 1.29 is 9.21 Å². The highest BCUT2D eigenvalue weighted by Gasteiger charge is 2.18. The quantitative estimate of drug-likeness (QED) is 0.846. The lowest BCUT2D eigenvalue weighted by molar-refractivity contribution is 0.0783. The summed E-state index contributed by atoms with van der Waals surface area (Å²) in [7, 11) is 1.84. The van der Waals surface area contributed by atoms with Crippen molar-refractivity contribution in [3.8, 4) is 0 Å². The number of aryl methyl sites for hydroxylation is 2. The Balaban J connectivity index is 1.64. The molecule has 4 nitrogen and oxygen atoms in total. The summed E-state index contributed by atoms with van der Waals surface area (Å²) in [5.74, 6) is 1.46. The molecule has 1 amide bonds. The van der Waals surface area contributed by atoms with Crippen molar-refractivity contribution in [1.82, 2.24) is 4.90 Å². The first kappa shape index (κ1) is 16.6. The van der Waals surface area contributed by atoms with Crippen LogP contribution in [-0.2, 0) is 6.54 Å². The van der Waals surface area contributed by atoms with E-state index in [0.29, 0.717) is 17.9 Å². The van der Waals surface area contributed by atoms with Crippen LogP contribution in [-0.4, -0.2) is 30.9 Å². The van der Waals surface area contributed by atoms with Gasteiger partial charge in [0.05, 0.1) is 5.56 Å². The van der Waals surface area contributed by atoms with Crippen molar-refractivity contribution in [2.75, 3.05) is 25.0 Å². The predicted octanol–water partition coefficient (Wildman–Crippen LogP) is 4.16. The van der Waals surface area contributed by atoms with Crippen LogP contribution in [0.4, 0.5) is 5.69 Å². The van der Waals surface area contributed by atoms with Crippen LogP contribution in [0, 0.1) is 13.8 Å². The molecule has 4 heteroatoms. The van der Waals surface area contributed by atoms with Crippen molar-refractivity contribution in [3.05, 3.63) is 53.0 Å². The Kier molecular flexibility index (Phi) is 4.93. The number of carbonyl (C=O) groups excluding carboxylic acids is 1. The van der Waals surface area contributed by atoms with Crippen molar-refractivity contribution >= 4 is 11.6 Å². The standard InChI is InChI=1S/C20H26N2O2/c1-15-13-19(16(2)24-15)20(23)21(3)14-17-7-9-18(10-8-17)22-11-5-4-6-12-22/h7-10,13H,4-6,11-12,14H2,1-3H3. The Morgan fingerprint density at radius 1 is 1.12 bits per heavy atom. The molecule has 0 spiro atoms. The maximum atomic E-state index is 12.6. The average Bonchev–Trinajstić information content (AvgIpc) is 2.94. The molecule has 1 aliphatic rings. The molecule has 1 aromatic heterocycles. The molecule has 1 aromatic carbocycles. The third-order valence-corrected chi connectivity index (χ3v) is 4.70. The van der Waals surface area contributed by atoms with Gasteiger partial charge in [-0.2, -0.15) is 0 Å². The van der Waals surface area contributed by atoms with E-state index in [2.05, 4.69) is 29.2 Å². The van der Waals surface area contributed by atoms with Crippen molar-refractivity contribution in [2.45, 2.75) is 39.7 Å². The van der Waals surface area contributed by atoms with Crippen LogP contribution in [0.5, 0.6) is 0 Å². The van der Waals surface area contributed by atoms with Crippen LogP contribution in [0.15, 0.2) is 34.7 Å². The van der Waals surface area contributed by atoms with E-state index in [1.165, 1.54) is 24.9 Å². The molecular weight excluding hydrogens is 300 g/mol. The van der Waals surface area contributed by atoms with Crippen LogP contribution in [0.1, 0.15) is 46.7 Å². The number of amides is 1. The minimum atomic E-state index is 0.00413. The number of furan rings is 1. The van der Waals surface area contributed by atoms with E-state index in [1.54, 1.807) is 4.90 Å². The maximum Gasteiger partial charge on any atom is 0.257 e. The third-order valence-electron chi connectivity index (χ3n) is 4.70. The van der Waals surface area contributed by atoms with E-state index in [4.69, 9.17) is 4.42 Å². The first-order valence-electron chi connectivity index (χ1n) is 8.71. The highest BCUT2D eigenvalue weighted by atomic mass is 16.3. The van der Waals surface area contributed by atoms with E-state index in [-0.39, 0.29) is 5.91 Å². The lowest BCUT2D eigenvalue weighted by Crippen LogP contribution is -2.29. The third kappa shape index (κ3) is 3.64. The fourth-order valence-corrected chi connectivity index (χ4v) is 3.36. The lowest BCUT2D eigenvalue weighted by Gasteiger charge is -2.29. The lowest BCUT2D eigenvalue weighted by atomic mass is 10.1. The SMILES string of the molecule is Cc1cc(C(=O)N(C)Cc2ccc(N3CCCCC3)cc2)c(C)o1. The number of anilines is 1. The van der Waals surface area contributed by atoms with E-state index in [9.17, 15) is 4.79 Å². The van der Waals surface area contributed by atoms with Gasteiger partial charge in [0, 0.05) is 32.4 Å². The van der Waals surface area contributed by atoms with Crippen LogP contribution >= 0.6 is 0 Å². The number of rotatable bonds is 4. The molecule has 24 heavy (non-hydrogen) atoms. The molecular formula is C20H26N2O2. The maximum absolute atomic E-state index is 12.6. The molecule has 3 rings (SSSR count). The van der Waals surface area contributed by atoms with Crippen LogP contribution in [0.25, 0.3) is 0 Å². The Bertz CT molecular complexity index is 697. The Morgan fingerprint density at radius 2 is 1.79 bits per heavy atom. The van der Waals surface area contributed by atoms with Crippen molar-refractivity contribution in [2.24, 2.45) is 0 Å². The molecule has 128 valence electrons. The van der Waals surface area contributed by atoms with Gasteiger partial charge in [0.15, 0.2) is 0 Å². The van der Waals surface area contributed by atoms with E-state index in [0.717, 1.165) is 24.4 Å². The largest absolute Gasteiger partial charge is 0.466 e. The molecule has 1 fully saturated rings. The van der Waals surface area contributed by atoms with Gasteiger partial charge in [-0.15, -0.1) is 0 Å². The fraction of sp³-hybridized carbons (Fsp3) is 0.450. The highest BCUT2D eigenvalue weighted by molar-refractivity contribution is 5.95. The first-order valence-corrected chi connectivity index (χ1v) is 8.71. The van der Waals surface area contributed by atoms with Crippen molar-refractivity contribution in [3.63, 3.8) is 0 Å². The van der Waals surface area contributed by atoms with Crippen LogP contribution in [0.2, 0.25) is 0 Å². The number of hydrogen-bond acceptors (Lipinski definition) is 3. The molecule has 2 aromatic rings. The Labute approximate surface area is 144 Å². The Morgan fingerprint density at radius 3 is 2.38 bits per heavy atom. The zero-order valence-electron chi connectivity index (χ0n) is 14.8. The zero-order valence-corrected chi connectivity index (χ0v) is 14.8. The summed E-state index contributed by atoms with van der Waals surface area (Å²) in [5.41, 5.74) is 3.08. The van der Waals surface area contributed by atoms with Gasteiger partial charge >= 0.3 is 0 Å². The van der Waals surface area contributed by atoms with Gasteiger partial charge in [-0.25, -0.2) is 0 Å². The van der Waals surface area contributed by atoms with Gasteiger partial charge in [-0.05, 0) is 56.9 Å². The second-order valence-electron chi connectivity index (χ2n) is 6.70. The molecule has 0 radical (unpaired) electrons. The predicted molar refractivity (Wildman–Crippen MR) is 96.5 cm³/mol. The minimum absolute atomic E-state index is 0.00413. The van der Waals surface area contributed by atoms with Gasteiger partial charge in [-0.3, -0.25) is 4.79 Å². The number of piperidine rings is 1. The average molecular weight is 326 g/mol. The molecule has 1 aliphatic heterocycles. The van der Waals surface area contributed by atoms with Crippen molar-refractivity contribution in [1.29, 1.82) is 0 Å². The van der Waals surface area contributed by atoms with Crippen LogP contribution in [0.3, 0.4) is 0 Å². The highest BCUT2D eigenvalue weighted by Crippen LogP contribution is 2.21. The van der Waals surface area contributed by atoms with Gasteiger partial charge in [0.2, 0.25) is 0 Å². The molecule has 0 N–H and O–H groups in total. The second-order valence-corrected chi connectivity index (χ2v) is 6.70. The van der Waals surface area contributed by atoms with Gasteiger partial charge < -0.3 is 14.2 Å². The smallest absolute Gasteiger partial charge is 0.257 e. The first-order chi connectivity index (χ1) is 11.5. The fourth-order valence-electron chi connectivity index (χ4n) is 3.36. The monoisotopic (exact) mass is 326 g/mol. The number of benzene rings is 1. The summed E-state index contributed by atoms with van der Waals surface area (Å²) < 4.78 is 5.47. The van der Waals surface area contributed by atoms with Gasteiger partial charge in [0.25, 0.3) is 5.91 Å². The van der Waals surface area contributed by atoms with E-state index < -0.39 is 0 Å². The van der Waals surface area contributed by atoms with Crippen LogP contribution < -0.4 is 4.90 Å². The summed E-state index contributed by atoms with van der Waals surface area (Å²) >= 11 is 0. The summed E-state index contributed by atoms with van der Waals surface area (Å²) in [5, 5.41) is 0. The minimum Gasteiger partial charge on any atom is -0.466 e. The zero-order chi connectivity index (χ0) is 17.1. The second kappa shape index (κ2) is 7.12. The molecule has 0 aliphatic carbocycles. The normalized spacial score (nSPS) is 14.7. The van der Waals surface area contributed by atoms with Gasteiger partial charge in [-0.1, -0.05) is 12.1 Å². The molecule has 0 saturated carbocycles. The summed E-state index contributed by atoms with van der Waals surface area (Å²) in [6, 6.07) is 10.4. The summed E-state index contributed by atoms with van der Waals surface area (Å²) in [6.07, 6.45) is 3.90. The number of nitrogens with zero attached hydrogens (tertiary/aromatic N) is 2. The van der Waals surface area contributed by atoms with E-state index in [1.807, 2.05) is 27.0 Å². The molecule has 0 unspecified atom stereocenters. The topological polar surface area (TPSA) is 36.7 Å². The van der Waals surface area contributed by atoms with E-state index >= 15 is 0 Å². The summed E-state index contributed by atoms with van der Waals surface area (Å²) in [6.45, 7) is 6.60.